The minimum atomic E-state index is -0.170. The van der Waals surface area contributed by atoms with Crippen LogP contribution in [0.5, 0.6) is 0 Å². The highest BCUT2D eigenvalue weighted by molar-refractivity contribution is 9.10. The van der Waals surface area contributed by atoms with Crippen LogP contribution in [-0.4, -0.2) is 15.2 Å². The Morgan fingerprint density at radius 3 is 2.70 bits per heavy atom. The van der Waals surface area contributed by atoms with E-state index in [1.165, 1.54) is 6.07 Å². The summed E-state index contributed by atoms with van der Waals surface area (Å²) in [7, 11) is 0. The molecule has 0 unspecified atom stereocenters. The largest absolute Gasteiger partial charge is 0.382 e. The van der Waals surface area contributed by atoms with Gasteiger partial charge in [0, 0.05) is 10.5 Å². The van der Waals surface area contributed by atoms with Crippen LogP contribution in [-0.2, 0) is 0 Å². The van der Waals surface area contributed by atoms with Crippen LogP contribution in [0.1, 0.15) is 0 Å². The maximum Gasteiger partial charge on any atom is 0.248 e. The van der Waals surface area contributed by atoms with Gasteiger partial charge >= 0.3 is 0 Å². The number of aromatic amines is 2. The highest BCUT2D eigenvalue weighted by Gasteiger charge is 2.15. The van der Waals surface area contributed by atoms with Crippen molar-refractivity contribution in [1.82, 2.24) is 15.2 Å². The van der Waals surface area contributed by atoms with Crippen molar-refractivity contribution < 1.29 is 0 Å². The number of H-pyrrole nitrogens is 2. The fourth-order valence-electron chi connectivity index (χ4n) is 2.08. The van der Waals surface area contributed by atoms with Crippen molar-refractivity contribution in [1.29, 1.82) is 0 Å². The summed E-state index contributed by atoms with van der Waals surface area (Å²) < 4.78 is 0.947. The van der Waals surface area contributed by atoms with E-state index in [1.54, 1.807) is 12.1 Å². The van der Waals surface area contributed by atoms with Gasteiger partial charge in [0.15, 0.2) is 5.82 Å². The van der Waals surface area contributed by atoms with E-state index in [9.17, 15) is 4.79 Å². The number of pyridine rings is 1. The monoisotopic (exact) mass is 330 g/mol. The summed E-state index contributed by atoms with van der Waals surface area (Å²) in [6, 6.07) is 12.7. The van der Waals surface area contributed by atoms with Crippen LogP contribution in [0.4, 0.5) is 5.82 Å². The van der Waals surface area contributed by atoms with E-state index < -0.39 is 0 Å². The van der Waals surface area contributed by atoms with E-state index in [4.69, 9.17) is 5.73 Å². The topological polar surface area (TPSA) is 87.6 Å². The SMILES string of the molecule is Nc1n[nH]c(-c2cccc(=O)[nH]2)c1-c1cccc(Br)c1. The maximum absolute atomic E-state index is 11.4. The number of rotatable bonds is 2. The molecule has 0 aliphatic carbocycles. The molecule has 3 aromatic rings. The van der Waals surface area contributed by atoms with Crippen molar-refractivity contribution in [3.63, 3.8) is 0 Å². The smallest absolute Gasteiger partial charge is 0.248 e. The lowest BCUT2D eigenvalue weighted by molar-refractivity contribution is 1.09. The van der Waals surface area contributed by atoms with Gasteiger partial charge in [0.25, 0.3) is 0 Å². The highest BCUT2D eigenvalue weighted by atomic mass is 79.9. The van der Waals surface area contributed by atoms with Gasteiger partial charge in [0.2, 0.25) is 5.56 Å². The molecule has 6 heteroatoms. The first-order valence-corrected chi connectivity index (χ1v) is 6.74. The van der Waals surface area contributed by atoms with Gasteiger partial charge in [-0.25, -0.2) is 0 Å². The number of nitrogens with two attached hydrogens (primary N) is 1. The molecule has 3 rings (SSSR count). The molecule has 0 aliphatic rings. The quantitative estimate of drug-likeness (QED) is 0.675. The van der Waals surface area contributed by atoms with E-state index in [-0.39, 0.29) is 5.56 Å². The molecule has 0 saturated heterocycles. The molecule has 20 heavy (non-hydrogen) atoms. The summed E-state index contributed by atoms with van der Waals surface area (Å²) in [5.41, 5.74) is 8.81. The van der Waals surface area contributed by atoms with Crippen molar-refractivity contribution in [2.75, 3.05) is 5.73 Å². The summed E-state index contributed by atoms with van der Waals surface area (Å²) in [5.74, 6) is 0.391. The van der Waals surface area contributed by atoms with Crippen molar-refractivity contribution in [2.45, 2.75) is 0 Å². The molecule has 0 spiro atoms. The summed E-state index contributed by atoms with van der Waals surface area (Å²) in [4.78, 5) is 14.2. The molecule has 2 aromatic heterocycles. The van der Waals surface area contributed by atoms with Crippen LogP contribution < -0.4 is 11.3 Å². The van der Waals surface area contributed by atoms with Gasteiger partial charge in [-0.3, -0.25) is 9.89 Å². The molecule has 0 fully saturated rings. The normalized spacial score (nSPS) is 10.7. The van der Waals surface area contributed by atoms with E-state index in [1.807, 2.05) is 24.3 Å². The van der Waals surface area contributed by atoms with Gasteiger partial charge in [-0.15, -0.1) is 0 Å². The fraction of sp³-hybridized carbons (Fsp3) is 0. The first-order chi connectivity index (χ1) is 9.65. The third kappa shape index (κ3) is 2.25. The van der Waals surface area contributed by atoms with Crippen molar-refractivity contribution in [2.24, 2.45) is 0 Å². The summed E-state index contributed by atoms with van der Waals surface area (Å²) in [5, 5.41) is 6.92. The van der Waals surface area contributed by atoms with Gasteiger partial charge < -0.3 is 10.7 Å². The predicted octanol–water partition coefficient (Wildman–Crippen LogP) is 2.78. The molecule has 0 radical (unpaired) electrons. The third-order valence-electron chi connectivity index (χ3n) is 2.95. The standard InChI is InChI=1S/C14H11BrN4O/c15-9-4-1-3-8(7-9)12-13(18-19-14(12)16)10-5-2-6-11(20)17-10/h1-7H,(H,17,20)(H3,16,18,19). The zero-order chi connectivity index (χ0) is 14.1. The number of hydrogen-bond acceptors (Lipinski definition) is 3. The number of aromatic nitrogens is 3. The van der Waals surface area contributed by atoms with Crippen LogP contribution in [0.3, 0.4) is 0 Å². The van der Waals surface area contributed by atoms with Crippen LogP contribution in [0, 0.1) is 0 Å². The van der Waals surface area contributed by atoms with Crippen LogP contribution in [0.15, 0.2) is 51.7 Å². The van der Waals surface area contributed by atoms with Gasteiger partial charge in [-0.2, -0.15) is 5.10 Å². The lowest BCUT2D eigenvalue weighted by atomic mass is 10.0. The van der Waals surface area contributed by atoms with Crippen molar-refractivity contribution >= 4 is 21.7 Å². The molecule has 0 bridgehead atoms. The molecule has 100 valence electrons. The second-order valence-corrected chi connectivity index (χ2v) is 5.21. The summed E-state index contributed by atoms with van der Waals surface area (Å²) in [6.45, 7) is 0. The molecule has 4 N–H and O–H groups in total. The fourth-order valence-corrected chi connectivity index (χ4v) is 2.48. The number of hydrogen-bond donors (Lipinski definition) is 3. The predicted molar refractivity (Wildman–Crippen MR) is 82.2 cm³/mol. The second kappa shape index (κ2) is 4.97. The van der Waals surface area contributed by atoms with Gasteiger partial charge in [0.05, 0.1) is 17.0 Å². The number of nitrogen functional groups attached to an aromatic ring is 1. The first kappa shape index (κ1) is 12.7. The highest BCUT2D eigenvalue weighted by Crippen LogP contribution is 2.34. The Hall–Kier alpha value is -2.34. The Bertz CT molecular complexity index is 822. The number of anilines is 1. The average molecular weight is 331 g/mol. The lowest BCUT2D eigenvalue weighted by Gasteiger charge is -2.05. The van der Waals surface area contributed by atoms with E-state index >= 15 is 0 Å². The van der Waals surface area contributed by atoms with Crippen LogP contribution in [0.25, 0.3) is 22.5 Å². The van der Waals surface area contributed by atoms with Gasteiger partial charge in [-0.05, 0) is 23.8 Å². The molecule has 0 aliphatic heterocycles. The van der Waals surface area contributed by atoms with E-state index in [0.717, 1.165) is 15.6 Å². The Morgan fingerprint density at radius 2 is 1.95 bits per heavy atom. The molecule has 0 amide bonds. The second-order valence-electron chi connectivity index (χ2n) is 4.30. The Labute approximate surface area is 123 Å². The zero-order valence-electron chi connectivity index (χ0n) is 10.4. The van der Waals surface area contributed by atoms with Crippen LogP contribution >= 0.6 is 15.9 Å². The third-order valence-corrected chi connectivity index (χ3v) is 3.44. The molecule has 0 saturated carbocycles. The van der Waals surface area contributed by atoms with Gasteiger partial charge in [-0.1, -0.05) is 34.1 Å². The first-order valence-electron chi connectivity index (χ1n) is 5.94. The Balaban J connectivity index is 2.22. The lowest BCUT2D eigenvalue weighted by Crippen LogP contribution is -2.04. The van der Waals surface area contributed by atoms with Gasteiger partial charge in [0.1, 0.15) is 0 Å². The average Bonchev–Trinajstić information content (AvgIpc) is 2.80. The Morgan fingerprint density at radius 1 is 1.15 bits per heavy atom. The molecule has 0 atom stereocenters. The number of halogens is 1. The summed E-state index contributed by atoms with van der Waals surface area (Å²) >= 11 is 3.44. The van der Waals surface area contributed by atoms with E-state index in [2.05, 4.69) is 31.1 Å². The summed E-state index contributed by atoms with van der Waals surface area (Å²) in [6.07, 6.45) is 0. The molecule has 1 aromatic carbocycles. The minimum Gasteiger partial charge on any atom is -0.382 e. The minimum absolute atomic E-state index is 0.170. The zero-order valence-corrected chi connectivity index (χ0v) is 11.9. The molecule has 5 nitrogen and oxygen atoms in total. The Kier molecular flexibility index (Phi) is 3.15. The van der Waals surface area contributed by atoms with Crippen LogP contribution in [0.2, 0.25) is 0 Å². The number of benzene rings is 1. The molecule has 2 heterocycles. The molecular formula is C14H11BrN4O. The van der Waals surface area contributed by atoms with Crippen molar-refractivity contribution in [3.8, 4) is 22.5 Å². The number of nitrogens with zero attached hydrogens (tertiary/aromatic N) is 1. The molecular weight excluding hydrogens is 320 g/mol. The van der Waals surface area contributed by atoms with Crippen molar-refractivity contribution in [3.05, 3.63) is 57.3 Å². The number of nitrogens with one attached hydrogen (secondary N) is 2. The van der Waals surface area contributed by atoms with E-state index in [0.29, 0.717) is 17.2 Å². The maximum atomic E-state index is 11.4.